The molecule has 0 saturated heterocycles. The normalized spacial score (nSPS) is 19.6. The molecule has 0 bridgehead atoms. The molecule has 0 amide bonds. The van der Waals surface area contributed by atoms with Crippen molar-refractivity contribution < 1.29 is 0 Å². The first-order chi connectivity index (χ1) is 9.63. The lowest BCUT2D eigenvalue weighted by molar-refractivity contribution is 0.418. The molecule has 3 rings (SSSR count). The molecule has 0 radical (unpaired) electrons. The fourth-order valence-electron chi connectivity index (χ4n) is 2.87. The second-order valence-corrected chi connectivity index (χ2v) is 8.00. The predicted octanol–water partition coefficient (Wildman–Crippen LogP) is 5.89. The van der Waals surface area contributed by atoms with Crippen molar-refractivity contribution in [1.82, 2.24) is 5.32 Å². The molecule has 20 heavy (non-hydrogen) atoms. The standard InChI is InChI=1S/C16H17BrClNS/c1-10(11-4-2-5-12(17)8-11)19-14-6-3-7-15-13(14)9-16(18)20-15/h2,4-5,8-10,14,19H,3,6-7H2,1H3/t10-,14?/m1/s1. The van der Waals surface area contributed by atoms with E-state index in [1.807, 2.05) is 0 Å². The fraction of sp³-hybridized carbons (Fsp3) is 0.375. The Morgan fingerprint density at radius 2 is 2.25 bits per heavy atom. The van der Waals surface area contributed by atoms with E-state index in [0.717, 1.165) is 8.81 Å². The van der Waals surface area contributed by atoms with Crippen LogP contribution < -0.4 is 5.32 Å². The van der Waals surface area contributed by atoms with Crippen LogP contribution in [0.25, 0.3) is 0 Å². The van der Waals surface area contributed by atoms with Gasteiger partial charge in [-0.15, -0.1) is 11.3 Å². The van der Waals surface area contributed by atoms with E-state index >= 15 is 0 Å². The Bertz CT molecular complexity index is 610. The molecule has 4 heteroatoms. The lowest BCUT2D eigenvalue weighted by atomic mass is 9.93. The average Bonchev–Trinajstić information content (AvgIpc) is 2.80. The lowest BCUT2D eigenvalue weighted by Gasteiger charge is -2.27. The summed E-state index contributed by atoms with van der Waals surface area (Å²) in [5.74, 6) is 0. The molecule has 2 atom stereocenters. The fourth-order valence-corrected chi connectivity index (χ4v) is 4.67. The summed E-state index contributed by atoms with van der Waals surface area (Å²) < 4.78 is 2.05. The first-order valence-electron chi connectivity index (χ1n) is 6.93. The Morgan fingerprint density at radius 3 is 3.05 bits per heavy atom. The zero-order chi connectivity index (χ0) is 14.1. The minimum Gasteiger partial charge on any atom is -0.303 e. The molecule has 0 fully saturated rings. The summed E-state index contributed by atoms with van der Waals surface area (Å²) in [5, 5.41) is 3.76. The molecule has 0 aliphatic heterocycles. The number of thiophene rings is 1. The van der Waals surface area contributed by atoms with Gasteiger partial charge in [0.2, 0.25) is 0 Å². The number of benzene rings is 1. The van der Waals surface area contributed by atoms with Crippen molar-refractivity contribution >= 4 is 38.9 Å². The molecule has 2 aromatic rings. The van der Waals surface area contributed by atoms with E-state index < -0.39 is 0 Å². The number of hydrogen-bond acceptors (Lipinski definition) is 2. The monoisotopic (exact) mass is 369 g/mol. The van der Waals surface area contributed by atoms with E-state index in [1.165, 1.54) is 35.3 Å². The molecule has 0 saturated carbocycles. The van der Waals surface area contributed by atoms with Crippen LogP contribution in [-0.4, -0.2) is 0 Å². The molecule has 1 aromatic heterocycles. The third-order valence-corrected chi connectivity index (χ3v) is 5.72. The average molecular weight is 371 g/mol. The van der Waals surface area contributed by atoms with E-state index in [0.29, 0.717) is 12.1 Å². The summed E-state index contributed by atoms with van der Waals surface area (Å²) in [6, 6.07) is 11.4. The van der Waals surface area contributed by atoms with E-state index in [4.69, 9.17) is 11.6 Å². The minimum absolute atomic E-state index is 0.335. The van der Waals surface area contributed by atoms with Crippen LogP contribution in [0.4, 0.5) is 0 Å². The topological polar surface area (TPSA) is 12.0 Å². The van der Waals surface area contributed by atoms with Gasteiger partial charge >= 0.3 is 0 Å². The van der Waals surface area contributed by atoms with Crippen LogP contribution in [0.2, 0.25) is 4.34 Å². The van der Waals surface area contributed by atoms with Crippen LogP contribution in [0, 0.1) is 0 Å². The Balaban J connectivity index is 1.78. The molecule has 1 aliphatic carbocycles. The number of nitrogens with one attached hydrogen (secondary N) is 1. The van der Waals surface area contributed by atoms with Crippen LogP contribution in [0.3, 0.4) is 0 Å². The Labute approximate surface area is 137 Å². The third-order valence-electron chi connectivity index (χ3n) is 3.88. The van der Waals surface area contributed by atoms with Gasteiger partial charge in [-0.05, 0) is 55.5 Å². The minimum atomic E-state index is 0.335. The van der Waals surface area contributed by atoms with Crippen molar-refractivity contribution in [3.63, 3.8) is 0 Å². The van der Waals surface area contributed by atoms with Crippen LogP contribution in [0.15, 0.2) is 34.8 Å². The highest BCUT2D eigenvalue weighted by Crippen LogP contribution is 2.38. The van der Waals surface area contributed by atoms with Gasteiger partial charge in [0.15, 0.2) is 0 Å². The highest BCUT2D eigenvalue weighted by atomic mass is 79.9. The number of rotatable bonds is 3. The maximum atomic E-state index is 6.18. The molecule has 106 valence electrons. The van der Waals surface area contributed by atoms with Gasteiger partial charge in [-0.1, -0.05) is 39.7 Å². The van der Waals surface area contributed by atoms with Crippen molar-refractivity contribution in [2.24, 2.45) is 0 Å². The van der Waals surface area contributed by atoms with Gasteiger partial charge in [-0.2, -0.15) is 0 Å². The molecule has 1 nitrogen and oxygen atoms in total. The molecule has 1 aromatic carbocycles. The van der Waals surface area contributed by atoms with Gasteiger partial charge in [0.05, 0.1) is 4.34 Å². The molecular weight excluding hydrogens is 354 g/mol. The number of fused-ring (bicyclic) bond motifs is 1. The van der Waals surface area contributed by atoms with Crippen molar-refractivity contribution in [3.8, 4) is 0 Å². The van der Waals surface area contributed by atoms with E-state index in [2.05, 4.69) is 58.5 Å². The van der Waals surface area contributed by atoms with Gasteiger partial charge in [0.25, 0.3) is 0 Å². The molecule has 1 unspecified atom stereocenters. The Hall–Kier alpha value is -0.350. The van der Waals surface area contributed by atoms with Gasteiger partial charge in [-0.25, -0.2) is 0 Å². The molecule has 1 heterocycles. The molecule has 0 spiro atoms. The third kappa shape index (κ3) is 3.11. The first kappa shape index (κ1) is 14.6. The zero-order valence-corrected chi connectivity index (χ0v) is 14.5. The SMILES string of the molecule is C[C@@H](NC1CCCc2sc(Cl)cc21)c1cccc(Br)c1. The van der Waals surface area contributed by atoms with Gasteiger partial charge in [0.1, 0.15) is 0 Å². The highest BCUT2D eigenvalue weighted by molar-refractivity contribution is 9.10. The maximum Gasteiger partial charge on any atom is 0.0934 e. The quantitative estimate of drug-likeness (QED) is 0.710. The predicted molar refractivity (Wildman–Crippen MR) is 90.7 cm³/mol. The van der Waals surface area contributed by atoms with E-state index in [-0.39, 0.29) is 0 Å². The zero-order valence-electron chi connectivity index (χ0n) is 11.3. The largest absolute Gasteiger partial charge is 0.303 e. The van der Waals surface area contributed by atoms with Gasteiger partial charge < -0.3 is 5.32 Å². The molecule has 1 N–H and O–H groups in total. The summed E-state index contributed by atoms with van der Waals surface area (Å²) >= 11 is 11.5. The molecule has 1 aliphatic rings. The van der Waals surface area contributed by atoms with Gasteiger partial charge in [0, 0.05) is 21.4 Å². The first-order valence-corrected chi connectivity index (χ1v) is 8.92. The smallest absolute Gasteiger partial charge is 0.0934 e. The van der Waals surface area contributed by atoms with Crippen molar-refractivity contribution in [2.75, 3.05) is 0 Å². The summed E-state index contributed by atoms with van der Waals surface area (Å²) in [7, 11) is 0. The summed E-state index contributed by atoms with van der Waals surface area (Å²) in [6.45, 7) is 2.23. The summed E-state index contributed by atoms with van der Waals surface area (Å²) in [4.78, 5) is 1.46. The van der Waals surface area contributed by atoms with Crippen LogP contribution in [0.5, 0.6) is 0 Å². The summed E-state index contributed by atoms with van der Waals surface area (Å²) in [6.07, 6.45) is 3.61. The van der Waals surface area contributed by atoms with Crippen molar-refractivity contribution in [3.05, 3.63) is 55.1 Å². The number of halogens is 2. The Kier molecular flexibility index (Phi) is 4.51. The summed E-state index contributed by atoms with van der Waals surface area (Å²) in [5.41, 5.74) is 2.72. The van der Waals surface area contributed by atoms with Crippen LogP contribution in [0.1, 0.15) is 47.9 Å². The van der Waals surface area contributed by atoms with Crippen molar-refractivity contribution in [2.45, 2.75) is 38.3 Å². The maximum absolute atomic E-state index is 6.18. The number of hydrogen-bond donors (Lipinski definition) is 1. The second kappa shape index (κ2) is 6.18. The van der Waals surface area contributed by atoms with Crippen LogP contribution >= 0.6 is 38.9 Å². The van der Waals surface area contributed by atoms with Crippen LogP contribution in [-0.2, 0) is 6.42 Å². The Morgan fingerprint density at radius 1 is 1.40 bits per heavy atom. The second-order valence-electron chi connectivity index (χ2n) is 5.32. The van der Waals surface area contributed by atoms with E-state index in [9.17, 15) is 0 Å². The lowest BCUT2D eigenvalue weighted by Crippen LogP contribution is -2.27. The van der Waals surface area contributed by atoms with Gasteiger partial charge in [-0.3, -0.25) is 0 Å². The van der Waals surface area contributed by atoms with Crippen molar-refractivity contribution in [1.29, 1.82) is 0 Å². The van der Waals surface area contributed by atoms with E-state index in [1.54, 1.807) is 11.3 Å². The highest BCUT2D eigenvalue weighted by Gasteiger charge is 2.24. The molecular formula is C16H17BrClNS. The number of aryl methyl sites for hydroxylation is 1.